The number of ether oxygens (including phenoxy) is 1. The SMILES string of the molecule is C=C/C=C\c1c(C)c2ccc(Oc3ccc4c(c3)c3nc(C)c5n3c3c(cccc43)CC5)cc2n1-c1ccccn1. The van der Waals surface area contributed by atoms with Crippen LogP contribution in [0.1, 0.15) is 28.2 Å². The number of benzene rings is 3. The van der Waals surface area contributed by atoms with Gasteiger partial charge in [-0.15, -0.1) is 0 Å². The van der Waals surface area contributed by atoms with Gasteiger partial charge in [0.25, 0.3) is 0 Å². The molecule has 0 atom stereocenters. The van der Waals surface area contributed by atoms with E-state index in [1.165, 1.54) is 33.1 Å². The van der Waals surface area contributed by atoms with E-state index in [4.69, 9.17) is 9.72 Å². The highest BCUT2D eigenvalue weighted by Gasteiger charge is 2.22. The molecule has 0 aliphatic carbocycles. The molecular weight excluding hydrogens is 504 g/mol. The average Bonchev–Trinajstić information content (AvgIpc) is 3.49. The number of aromatic nitrogens is 4. The van der Waals surface area contributed by atoms with Crippen LogP contribution in [0.5, 0.6) is 11.5 Å². The standard InChI is InChI=1S/C36H28N4O/c1-4-5-11-31-22(2)27-16-14-26(21-33(27)39(31)34-12-6-7-19-37-34)41-25-15-17-28-29-10-8-9-24-13-18-32-23(3)38-36(30(28)20-25)40(32)35(24)29/h4-12,14-17,19-21H,1,13,18H2,2-3H3/b11-5-. The number of nitrogens with zero attached hydrogens (tertiary/aromatic N) is 4. The lowest BCUT2D eigenvalue weighted by molar-refractivity contribution is 0.484. The monoisotopic (exact) mass is 532 g/mol. The number of hydrogen-bond acceptors (Lipinski definition) is 3. The summed E-state index contributed by atoms with van der Waals surface area (Å²) in [6, 6.07) is 25.3. The van der Waals surface area contributed by atoms with Crippen molar-refractivity contribution in [3.05, 3.63) is 126 Å². The van der Waals surface area contributed by atoms with Crippen LogP contribution in [0.4, 0.5) is 0 Å². The molecule has 0 bridgehead atoms. The predicted octanol–water partition coefficient (Wildman–Crippen LogP) is 8.69. The molecule has 0 N–H and O–H groups in total. The Morgan fingerprint density at radius 2 is 1.71 bits per heavy atom. The fraction of sp³-hybridized carbons (Fsp3) is 0.111. The predicted molar refractivity (Wildman–Crippen MR) is 167 cm³/mol. The Labute approximate surface area is 237 Å². The zero-order valence-electron chi connectivity index (χ0n) is 23.1. The number of hydrogen-bond donors (Lipinski definition) is 0. The molecule has 5 nitrogen and oxygen atoms in total. The first kappa shape index (κ1) is 23.7. The Bertz CT molecular complexity index is 2220. The van der Waals surface area contributed by atoms with E-state index in [0.717, 1.165) is 63.5 Å². The topological polar surface area (TPSA) is 44.4 Å². The highest BCUT2D eigenvalue weighted by atomic mass is 16.5. The molecule has 8 rings (SSSR count). The van der Waals surface area contributed by atoms with Crippen molar-refractivity contribution in [1.82, 2.24) is 18.9 Å². The van der Waals surface area contributed by atoms with E-state index in [0.29, 0.717) is 0 Å². The maximum atomic E-state index is 6.55. The summed E-state index contributed by atoms with van der Waals surface area (Å²) >= 11 is 0. The molecule has 0 unspecified atom stereocenters. The molecule has 4 aromatic heterocycles. The molecule has 0 spiro atoms. The molecule has 41 heavy (non-hydrogen) atoms. The third kappa shape index (κ3) is 3.48. The summed E-state index contributed by atoms with van der Waals surface area (Å²) in [5.74, 6) is 2.41. The lowest BCUT2D eigenvalue weighted by Gasteiger charge is -2.19. The fourth-order valence-electron chi connectivity index (χ4n) is 6.55. The van der Waals surface area contributed by atoms with Crippen LogP contribution < -0.4 is 4.74 Å². The quantitative estimate of drug-likeness (QED) is 0.165. The highest BCUT2D eigenvalue weighted by molar-refractivity contribution is 6.13. The van der Waals surface area contributed by atoms with Crippen molar-refractivity contribution < 1.29 is 4.74 Å². The number of allylic oxidation sites excluding steroid dienone is 2. The molecule has 3 aromatic carbocycles. The van der Waals surface area contributed by atoms with Crippen LogP contribution >= 0.6 is 0 Å². The van der Waals surface area contributed by atoms with E-state index in [2.05, 4.69) is 89.0 Å². The molecule has 7 aromatic rings. The summed E-state index contributed by atoms with van der Waals surface area (Å²) in [6.45, 7) is 8.13. The largest absolute Gasteiger partial charge is 0.457 e. The van der Waals surface area contributed by atoms with Gasteiger partial charge in [-0.1, -0.05) is 43.0 Å². The molecule has 1 aliphatic rings. The van der Waals surface area contributed by atoms with Gasteiger partial charge in [0, 0.05) is 34.1 Å². The molecule has 0 radical (unpaired) electrons. The Morgan fingerprint density at radius 1 is 0.854 bits per heavy atom. The van der Waals surface area contributed by atoms with Gasteiger partial charge in [0.2, 0.25) is 0 Å². The van der Waals surface area contributed by atoms with Gasteiger partial charge in [0.1, 0.15) is 23.0 Å². The first-order valence-electron chi connectivity index (χ1n) is 14.0. The van der Waals surface area contributed by atoms with Crippen LogP contribution in [0, 0.1) is 13.8 Å². The molecular formula is C36H28N4O. The van der Waals surface area contributed by atoms with E-state index in [1.807, 2.05) is 36.5 Å². The Morgan fingerprint density at radius 3 is 2.54 bits per heavy atom. The lowest BCUT2D eigenvalue weighted by Crippen LogP contribution is -2.07. The normalized spacial score (nSPS) is 12.9. The third-order valence-electron chi connectivity index (χ3n) is 8.41. The smallest absolute Gasteiger partial charge is 0.145 e. The van der Waals surface area contributed by atoms with Crippen LogP contribution in [0.2, 0.25) is 0 Å². The summed E-state index contributed by atoms with van der Waals surface area (Å²) < 4.78 is 11.1. The van der Waals surface area contributed by atoms with Crippen molar-refractivity contribution in [2.45, 2.75) is 26.7 Å². The van der Waals surface area contributed by atoms with Crippen LogP contribution in [0.15, 0.2) is 97.7 Å². The van der Waals surface area contributed by atoms with Gasteiger partial charge in [0.05, 0.1) is 22.4 Å². The second-order valence-electron chi connectivity index (χ2n) is 10.7. The van der Waals surface area contributed by atoms with Crippen LogP contribution in [-0.4, -0.2) is 18.9 Å². The van der Waals surface area contributed by atoms with Gasteiger partial charge in [-0.3, -0.25) is 8.97 Å². The van der Waals surface area contributed by atoms with E-state index >= 15 is 0 Å². The zero-order valence-corrected chi connectivity index (χ0v) is 23.1. The summed E-state index contributed by atoms with van der Waals surface area (Å²) in [5, 5.41) is 4.73. The number of rotatable bonds is 5. The Balaban J connectivity index is 1.30. The molecule has 5 heterocycles. The summed E-state index contributed by atoms with van der Waals surface area (Å²) in [7, 11) is 0. The van der Waals surface area contributed by atoms with Crippen molar-refractivity contribution in [2.24, 2.45) is 0 Å². The lowest BCUT2D eigenvalue weighted by atomic mass is 9.97. The Hall–Kier alpha value is -5.16. The van der Waals surface area contributed by atoms with E-state index < -0.39 is 0 Å². The van der Waals surface area contributed by atoms with Crippen molar-refractivity contribution in [2.75, 3.05) is 0 Å². The number of para-hydroxylation sites is 1. The summed E-state index contributed by atoms with van der Waals surface area (Å²) in [6.07, 6.45) is 9.73. The second-order valence-corrected chi connectivity index (χ2v) is 10.7. The highest BCUT2D eigenvalue weighted by Crippen LogP contribution is 2.39. The number of imidazole rings is 1. The van der Waals surface area contributed by atoms with E-state index in [1.54, 1.807) is 6.08 Å². The maximum Gasteiger partial charge on any atom is 0.145 e. The minimum Gasteiger partial charge on any atom is -0.457 e. The van der Waals surface area contributed by atoms with Gasteiger partial charge in [0.15, 0.2) is 0 Å². The van der Waals surface area contributed by atoms with Gasteiger partial charge in [-0.25, -0.2) is 9.97 Å². The summed E-state index contributed by atoms with van der Waals surface area (Å²) in [5.41, 5.74) is 9.41. The zero-order chi connectivity index (χ0) is 27.7. The third-order valence-corrected chi connectivity index (χ3v) is 8.41. The molecule has 1 aliphatic heterocycles. The van der Waals surface area contributed by atoms with Gasteiger partial charge in [-0.05, 0) is 91.7 Å². The van der Waals surface area contributed by atoms with Gasteiger partial charge in [-0.2, -0.15) is 0 Å². The number of fused-ring (bicyclic) bond motifs is 4. The van der Waals surface area contributed by atoms with Crippen molar-refractivity contribution >= 4 is 44.3 Å². The van der Waals surface area contributed by atoms with Gasteiger partial charge < -0.3 is 4.74 Å². The van der Waals surface area contributed by atoms with Crippen molar-refractivity contribution in [3.63, 3.8) is 0 Å². The molecule has 0 saturated carbocycles. The molecule has 0 saturated heterocycles. The maximum absolute atomic E-state index is 6.55. The molecule has 0 amide bonds. The average molecular weight is 533 g/mol. The molecule has 5 heteroatoms. The number of pyridine rings is 2. The number of aryl methyl sites for hydroxylation is 4. The van der Waals surface area contributed by atoms with E-state index in [9.17, 15) is 0 Å². The van der Waals surface area contributed by atoms with Crippen LogP contribution in [-0.2, 0) is 12.8 Å². The minimum absolute atomic E-state index is 0.770. The van der Waals surface area contributed by atoms with Crippen LogP contribution in [0.3, 0.4) is 0 Å². The first-order valence-corrected chi connectivity index (χ1v) is 14.0. The van der Waals surface area contributed by atoms with E-state index in [-0.39, 0.29) is 0 Å². The first-order chi connectivity index (χ1) is 20.1. The molecule has 0 fully saturated rings. The van der Waals surface area contributed by atoms with Crippen molar-refractivity contribution in [3.8, 4) is 17.3 Å². The second kappa shape index (κ2) is 8.93. The fourth-order valence-corrected chi connectivity index (χ4v) is 6.55. The van der Waals surface area contributed by atoms with Crippen molar-refractivity contribution in [1.29, 1.82) is 0 Å². The Kier molecular flexibility index (Phi) is 5.16. The molecule has 198 valence electrons. The minimum atomic E-state index is 0.770. The summed E-state index contributed by atoms with van der Waals surface area (Å²) in [4.78, 5) is 9.71. The van der Waals surface area contributed by atoms with Gasteiger partial charge >= 0.3 is 0 Å². The van der Waals surface area contributed by atoms with Crippen LogP contribution in [0.25, 0.3) is 50.1 Å².